The minimum Gasteiger partial charge on any atom is -0.325 e. The predicted molar refractivity (Wildman–Crippen MR) is 112 cm³/mol. The van der Waals surface area contributed by atoms with Crippen LogP contribution < -0.4 is 0 Å². The molecule has 0 radical (unpaired) electrons. The van der Waals surface area contributed by atoms with Gasteiger partial charge in [-0.3, -0.25) is 0 Å². The van der Waals surface area contributed by atoms with E-state index in [1.54, 1.807) is 0 Å². The van der Waals surface area contributed by atoms with Gasteiger partial charge < -0.3 is 6.42 Å². The minimum atomic E-state index is 0.817. The molecule has 0 aliphatic heterocycles. The van der Waals surface area contributed by atoms with Crippen LogP contribution in [0.1, 0.15) is 87.0 Å². The lowest BCUT2D eigenvalue weighted by Crippen LogP contribution is -2.24. The Morgan fingerprint density at radius 1 is 0.880 bits per heavy atom. The van der Waals surface area contributed by atoms with Gasteiger partial charge in [0.25, 0.3) is 0 Å². The summed E-state index contributed by atoms with van der Waals surface area (Å²) in [5.41, 5.74) is 0. The molecule has 25 heavy (non-hydrogen) atoms. The molecule has 2 aliphatic rings. The summed E-state index contributed by atoms with van der Waals surface area (Å²) in [6.07, 6.45) is 16.1. The first kappa shape index (κ1) is 21.0. The molecule has 0 amide bonds. The summed E-state index contributed by atoms with van der Waals surface area (Å²) >= 11 is 0. The largest absolute Gasteiger partial charge is 0.325 e. The predicted octanol–water partition coefficient (Wildman–Crippen LogP) is 7.80. The molecule has 0 heteroatoms. The van der Waals surface area contributed by atoms with Crippen molar-refractivity contribution in [3.8, 4) is 0 Å². The van der Waals surface area contributed by atoms with E-state index in [9.17, 15) is 0 Å². The Kier molecular flexibility index (Phi) is 8.09. The van der Waals surface area contributed by atoms with Crippen molar-refractivity contribution >= 4 is 0 Å². The average molecular weight is 346 g/mol. The second-order valence-electron chi connectivity index (χ2n) is 9.97. The van der Waals surface area contributed by atoms with Crippen molar-refractivity contribution in [3.05, 3.63) is 18.6 Å². The quantitative estimate of drug-likeness (QED) is 0.250. The number of hydrogen-bond donors (Lipinski definition) is 0. The Hall–Kier alpha value is -0.260. The topological polar surface area (TPSA) is 0 Å². The first-order valence-corrected chi connectivity index (χ1v) is 11.4. The summed E-state index contributed by atoms with van der Waals surface area (Å²) < 4.78 is 0. The highest BCUT2D eigenvalue weighted by molar-refractivity contribution is 5.11. The molecule has 0 saturated heterocycles. The van der Waals surface area contributed by atoms with E-state index in [0.717, 1.165) is 53.3 Å². The zero-order valence-corrected chi connectivity index (χ0v) is 18.2. The zero-order valence-electron chi connectivity index (χ0n) is 18.2. The van der Waals surface area contributed by atoms with Crippen LogP contribution in [0.25, 0.3) is 0 Å². The van der Waals surface area contributed by atoms with Crippen molar-refractivity contribution in [2.75, 3.05) is 0 Å². The fraction of sp³-hybridized carbons (Fsp3) is 0.880. The van der Waals surface area contributed by atoms with Gasteiger partial charge in [-0.2, -0.15) is 12.3 Å². The molecule has 0 aromatic carbocycles. The lowest BCUT2D eigenvalue weighted by atomic mass is 9.72. The molecule has 1 saturated carbocycles. The van der Waals surface area contributed by atoms with Gasteiger partial charge in [0.15, 0.2) is 0 Å². The fourth-order valence-corrected chi connectivity index (χ4v) is 4.72. The van der Waals surface area contributed by atoms with Crippen molar-refractivity contribution in [3.63, 3.8) is 0 Å². The van der Waals surface area contributed by atoms with Gasteiger partial charge in [-0.25, -0.2) is 0 Å². The molecular weight excluding hydrogens is 300 g/mol. The van der Waals surface area contributed by atoms with Crippen LogP contribution in [-0.4, -0.2) is 0 Å². The Bertz CT molecular complexity index is 406. The maximum atomic E-state index is 2.69. The summed E-state index contributed by atoms with van der Waals surface area (Å²) in [7, 11) is 0. The highest BCUT2D eigenvalue weighted by Gasteiger charge is 2.41. The standard InChI is InChI=1S/C25H45/c1-8-18(5)20(7)14-22-12-13-23(22)15-24-16-25(24)21(9-2)11-10-19(6)17(3)4/h11-13,17-25H,8-10,14-16H2,1-7H3/q-1. The van der Waals surface area contributed by atoms with Crippen LogP contribution in [0.4, 0.5) is 0 Å². The van der Waals surface area contributed by atoms with E-state index in [-0.39, 0.29) is 0 Å². The van der Waals surface area contributed by atoms with Gasteiger partial charge in [0.1, 0.15) is 0 Å². The van der Waals surface area contributed by atoms with Crippen LogP contribution in [0.2, 0.25) is 0 Å². The third-order valence-corrected chi connectivity index (χ3v) is 7.94. The summed E-state index contributed by atoms with van der Waals surface area (Å²) in [5, 5.41) is 0. The summed E-state index contributed by atoms with van der Waals surface area (Å²) in [6, 6.07) is 0. The van der Waals surface area contributed by atoms with Gasteiger partial charge in [0.2, 0.25) is 0 Å². The van der Waals surface area contributed by atoms with Crippen molar-refractivity contribution in [2.45, 2.75) is 87.0 Å². The van der Waals surface area contributed by atoms with Crippen molar-refractivity contribution < 1.29 is 0 Å². The molecule has 0 bridgehead atoms. The smallest absolute Gasteiger partial charge is 0.0168 e. The van der Waals surface area contributed by atoms with Crippen molar-refractivity contribution in [2.24, 2.45) is 53.3 Å². The van der Waals surface area contributed by atoms with Crippen LogP contribution in [0.5, 0.6) is 0 Å². The molecule has 8 unspecified atom stereocenters. The van der Waals surface area contributed by atoms with Crippen LogP contribution in [0, 0.1) is 59.7 Å². The van der Waals surface area contributed by atoms with E-state index >= 15 is 0 Å². The number of rotatable bonds is 12. The SMILES string of the molecule is CCC(C)C(C)CC1C=CC1CC1CC1C([CH-]CC(C)C(C)C)CC. The molecule has 0 spiro atoms. The molecular formula is C25H45-. The van der Waals surface area contributed by atoms with Crippen molar-refractivity contribution in [1.82, 2.24) is 0 Å². The molecule has 2 rings (SSSR count). The van der Waals surface area contributed by atoms with E-state index in [2.05, 4.69) is 67.0 Å². The highest BCUT2D eigenvalue weighted by Crippen LogP contribution is 2.53. The normalized spacial score (nSPS) is 33.0. The molecule has 8 atom stereocenters. The van der Waals surface area contributed by atoms with E-state index in [1.165, 1.54) is 38.5 Å². The Labute approximate surface area is 159 Å². The number of allylic oxidation sites excluding steroid dienone is 2. The Morgan fingerprint density at radius 2 is 1.56 bits per heavy atom. The Balaban J connectivity index is 1.71. The van der Waals surface area contributed by atoms with Crippen LogP contribution in [0.3, 0.4) is 0 Å². The lowest BCUT2D eigenvalue weighted by Gasteiger charge is -2.34. The van der Waals surface area contributed by atoms with Crippen LogP contribution in [0.15, 0.2) is 12.2 Å². The van der Waals surface area contributed by atoms with Gasteiger partial charge in [0, 0.05) is 0 Å². The van der Waals surface area contributed by atoms with E-state index < -0.39 is 0 Å². The summed E-state index contributed by atoms with van der Waals surface area (Å²) in [6.45, 7) is 16.8. The molecule has 0 aromatic heterocycles. The molecule has 2 aliphatic carbocycles. The zero-order chi connectivity index (χ0) is 18.6. The molecule has 0 heterocycles. The molecule has 0 aromatic rings. The minimum absolute atomic E-state index is 0.817. The molecule has 0 nitrogen and oxygen atoms in total. The average Bonchev–Trinajstić information content (AvgIpc) is 3.35. The number of hydrogen-bond acceptors (Lipinski definition) is 0. The van der Waals surface area contributed by atoms with Gasteiger partial charge in [-0.05, 0) is 54.8 Å². The van der Waals surface area contributed by atoms with E-state index in [4.69, 9.17) is 0 Å². The van der Waals surface area contributed by atoms with Crippen LogP contribution >= 0.6 is 0 Å². The first-order valence-electron chi connectivity index (χ1n) is 11.4. The fourth-order valence-electron chi connectivity index (χ4n) is 4.72. The maximum Gasteiger partial charge on any atom is -0.0168 e. The van der Waals surface area contributed by atoms with Gasteiger partial charge >= 0.3 is 0 Å². The van der Waals surface area contributed by atoms with Crippen LogP contribution in [-0.2, 0) is 0 Å². The van der Waals surface area contributed by atoms with E-state index in [0.29, 0.717) is 0 Å². The first-order chi connectivity index (χ1) is 11.9. The summed E-state index contributed by atoms with van der Waals surface area (Å²) in [4.78, 5) is 0. The van der Waals surface area contributed by atoms with Gasteiger partial charge in [-0.1, -0.05) is 85.3 Å². The Morgan fingerprint density at radius 3 is 2.08 bits per heavy atom. The second kappa shape index (κ2) is 9.61. The monoisotopic (exact) mass is 345 g/mol. The third-order valence-electron chi connectivity index (χ3n) is 7.94. The van der Waals surface area contributed by atoms with E-state index in [1.807, 2.05) is 0 Å². The molecule has 0 N–H and O–H groups in total. The van der Waals surface area contributed by atoms with Crippen molar-refractivity contribution in [1.29, 1.82) is 0 Å². The lowest BCUT2D eigenvalue weighted by molar-refractivity contribution is 0.257. The second-order valence-corrected chi connectivity index (χ2v) is 9.97. The highest BCUT2D eigenvalue weighted by atomic mass is 14.5. The maximum absolute atomic E-state index is 2.69. The van der Waals surface area contributed by atoms with Gasteiger partial charge in [0.05, 0.1) is 0 Å². The summed E-state index contributed by atoms with van der Waals surface area (Å²) in [5.74, 6) is 8.11. The third kappa shape index (κ3) is 5.86. The molecule has 1 fully saturated rings. The van der Waals surface area contributed by atoms with Gasteiger partial charge in [-0.15, -0.1) is 0 Å². The molecule has 146 valence electrons.